The van der Waals surface area contributed by atoms with E-state index in [9.17, 15) is 8.78 Å². The second-order valence-electron chi connectivity index (χ2n) is 4.08. The van der Waals surface area contributed by atoms with Crippen LogP contribution in [0.1, 0.15) is 24.8 Å². The fraction of sp³-hybridized carbons (Fsp3) is 0.385. The topological polar surface area (TPSA) is 12.0 Å². The van der Waals surface area contributed by atoms with Crippen molar-refractivity contribution in [2.75, 3.05) is 0 Å². The molecular formula is C13H15F2N. The molecule has 0 aliphatic heterocycles. The maximum atomic E-state index is 13.3. The van der Waals surface area contributed by atoms with Crippen molar-refractivity contribution < 1.29 is 8.78 Å². The molecule has 0 fully saturated rings. The number of rotatable bonds is 3. The highest BCUT2D eigenvalue weighted by atomic mass is 19.2. The summed E-state index contributed by atoms with van der Waals surface area (Å²) in [6.07, 6.45) is 7.37. The monoisotopic (exact) mass is 223 g/mol. The lowest BCUT2D eigenvalue weighted by Gasteiger charge is -2.19. The van der Waals surface area contributed by atoms with Gasteiger partial charge in [0.15, 0.2) is 11.6 Å². The van der Waals surface area contributed by atoms with Gasteiger partial charge in [0.25, 0.3) is 0 Å². The van der Waals surface area contributed by atoms with Crippen LogP contribution in [0.2, 0.25) is 0 Å². The fourth-order valence-corrected chi connectivity index (χ4v) is 1.92. The van der Waals surface area contributed by atoms with Gasteiger partial charge in [-0.25, -0.2) is 8.78 Å². The van der Waals surface area contributed by atoms with E-state index in [1.165, 1.54) is 6.07 Å². The van der Waals surface area contributed by atoms with Crippen LogP contribution >= 0.6 is 0 Å². The molecule has 1 unspecified atom stereocenters. The average molecular weight is 223 g/mol. The van der Waals surface area contributed by atoms with E-state index in [4.69, 9.17) is 0 Å². The molecule has 3 heteroatoms. The van der Waals surface area contributed by atoms with Gasteiger partial charge in [0.2, 0.25) is 0 Å². The molecule has 1 aliphatic carbocycles. The van der Waals surface area contributed by atoms with Crippen molar-refractivity contribution in [2.24, 2.45) is 0 Å². The first-order valence-electron chi connectivity index (χ1n) is 5.58. The minimum absolute atomic E-state index is 0.382. The minimum atomic E-state index is -0.775. The Labute approximate surface area is 94.2 Å². The van der Waals surface area contributed by atoms with Crippen molar-refractivity contribution in [3.05, 3.63) is 47.5 Å². The number of allylic oxidation sites excluding steroid dienone is 1. The highest BCUT2D eigenvalue weighted by Crippen LogP contribution is 2.14. The predicted molar refractivity (Wildman–Crippen MR) is 60.0 cm³/mol. The number of halogens is 2. The highest BCUT2D eigenvalue weighted by Gasteiger charge is 2.11. The van der Waals surface area contributed by atoms with E-state index in [0.29, 0.717) is 18.2 Å². The zero-order valence-electron chi connectivity index (χ0n) is 9.05. The number of benzene rings is 1. The smallest absolute Gasteiger partial charge is 0.163 e. The van der Waals surface area contributed by atoms with Gasteiger partial charge >= 0.3 is 0 Å². The van der Waals surface area contributed by atoms with Gasteiger partial charge in [-0.2, -0.15) is 0 Å². The molecule has 1 aromatic rings. The number of hydrogen-bond donors (Lipinski definition) is 1. The summed E-state index contributed by atoms with van der Waals surface area (Å²) >= 11 is 0. The molecule has 1 aliphatic rings. The predicted octanol–water partition coefficient (Wildman–Crippen LogP) is 3.16. The Morgan fingerprint density at radius 3 is 2.88 bits per heavy atom. The largest absolute Gasteiger partial charge is 0.309 e. The molecule has 2 rings (SSSR count). The van der Waals surface area contributed by atoms with E-state index < -0.39 is 11.6 Å². The first-order chi connectivity index (χ1) is 7.77. The standard InChI is InChI=1S/C13H15F2N/c14-12-8-4-5-10(13(12)15)9-16-11-6-2-1-3-7-11/h1-2,4-5,8,11,16H,3,6-7,9H2. The summed E-state index contributed by atoms with van der Waals surface area (Å²) in [5, 5.41) is 3.25. The van der Waals surface area contributed by atoms with Gasteiger partial charge in [-0.1, -0.05) is 24.3 Å². The van der Waals surface area contributed by atoms with Crippen LogP contribution < -0.4 is 5.32 Å². The molecule has 0 aromatic heterocycles. The van der Waals surface area contributed by atoms with Gasteiger partial charge in [-0.05, 0) is 25.3 Å². The summed E-state index contributed by atoms with van der Waals surface area (Å²) in [5.41, 5.74) is 0.398. The minimum Gasteiger partial charge on any atom is -0.309 e. The first-order valence-corrected chi connectivity index (χ1v) is 5.58. The molecular weight excluding hydrogens is 208 g/mol. The van der Waals surface area contributed by atoms with Gasteiger partial charge in [0.1, 0.15) is 0 Å². The van der Waals surface area contributed by atoms with Gasteiger partial charge in [0, 0.05) is 18.2 Å². The van der Waals surface area contributed by atoms with Crippen LogP contribution in [-0.4, -0.2) is 6.04 Å². The molecule has 0 heterocycles. The molecule has 1 nitrogen and oxygen atoms in total. The average Bonchev–Trinajstić information content (AvgIpc) is 2.32. The maximum absolute atomic E-state index is 13.3. The third kappa shape index (κ3) is 2.67. The van der Waals surface area contributed by atoms with Gasteiger partial charge in [-0.15, -0.1) is 0 Å². The molecule has 1 N–H and O–H groups in total. The van der Waals surface area contributed by atoms with E-state index in [0.717, 1.165) is 25.3 Å². The third-order valence-corrected chi connectivity index (χ3v) is 2.88. The van der Waals surface area contributed by atoms with Crippen molar-refractivity contribution in [3.63, 3.8) is 0 Å². The zero-order valence-corrected chi connectivity index (χ0v) is 9.05. The van der Waals surface area contributed by atoms with E-state index >= 15 is 0 Å². The summed E-state index contributed by atoms with van der Waals surface area (Å²) in [6.45, 7) is 0.391. The molecule has 16 heavy (non-hydrogen) atoms. The third-order valence-electron chi connectivity index (χ3n) is 2.88. The summed E-state index contributed by atoms with van der Waals surface area (Å²) in [6, 6.07) is 4.68. The molecule has 0 bridgehead atoms. The van der Waals surface area contributed by atoms with E-state index in [1.807, 2.05) is 0 Å². The Morgan fingerprint density at radius 2 is 2.12 bits per heavy atom. The molecule has 0 radical (unpaired) electrons. The second kappa shape index (κ2) is 5.21. The first kappa shape index (κ1) is 11.3. The Hall–Kier alpha value is -1.22. The van der Waals surface area contributed by atoms with Crippen LogP contribution in [0.15, 0.2) is 30.4 Å². The van der Waals surface area contributed by atoms with E-state index in [1.54, 1.807) is 6.07 Å². The molecule has 1 aromatic carbocycles. The lowest BCUT2D eigenvalue weighted by molar-refractivity contribution is 0.453. The lowest BCUT2D eigenvalue weighted by Crippen LogP contribution is -2.29. The zero-order chi connectivity index (χ0) is 11.4. The summed E-state index contributed by atoms with van der Waals surface area (Å²) in [5.74, 6) is -1.51. The summed E-state index contributed by atoms with van der Waals surface area (Å²) in [7, 11) is 0. The van der Waals surface area contributed by atoms with Crippen molar-refractivity contribution in [1.82, 2.24) is 5.32 Å². The summed E-state index contributed by atoms with van der Waals surface area (Å²) < 4.78 is 26.3. The molecule has 0 saturated carbocycles. The Balaban J connectivity index is 1.94. The Kier molecular flexibility index (Phi) is 3.67. The maximum Gasteiger partial charge on any atom is 0.163 e. The van der Waals surface area contributed by atoms with Crippen LogP contribution in [0.4, 0.5) is 8.78 Å². The van der Waals surface area contributed by atoms with Gasteiger partial charge in [-0.3, -0.25) is 0 Å². The summed E-state index contributed by atoms with van der Waals surface area (Å²) in [4.78, 5) is 0. The molecule has 1 atom stereocenters. The normalized spacial score (nSPS) is 20.0. The Bertz CT molecular complexity index is 388. The number of hydrogen-bond acceptors (Lipinski definition) is 1. The van der Waals surface area contributed by atoms with Crippen LogP contribution in [0.25, 0.3) is 0 Å². The fourth-order valence-electron chi connectivity index (χ4n) is 1.92. The molecule has 86 valence electrons. The van der Waals surface area contributed by atoms with Crippen molar-refractivity contribution in [1.29, 1.82) is 0 Å². The Morgan fingerprint density at radius 1 is 1.25 bits per heavy atom. The highest BCUT2D eigenvalue weighted by molar-refractivity contribution is 5.18. The van der Waals surface area contributed by atoms with Gasteiger partial charge in [0.05, 0.1) is 0 Å². The van der Waals surface area contributed by atoms with Crippen molar-refractivity contribution in [2.45, 2.75) is 31.8 Å². The van der Waals surface area contributed by atoms with Crippen LogP contribution in [0, 0.1) is 11.6 Å². The van der Waals surface area contributed by atoms with Crippen LogP contribution in [0.5, 0.6) is 0 Å². The molecule has 0 spiro atoms. The SMILES string of the molecule is Fc1cccc(CNC2CC=CCC2)c1F. The van der Waals surface area contributed by atoms with Crippen LogP contribution in [0.3, 0.4) is 0 Å². The van der Waals surface area contributed by atoms with Gasteiger partial charge < -0.3 is 5.32 Å². The second-order valence-corrected chi connectivity index (χ2v) is 4.08. The lowest BCUT2D eigenvalue weighted by atomic mass is 10.0. The van der Waals surface area contributed by atoms with Crippen molar-refractivity contribution in [3.8, 4) is 0 Å². The van der Waals surface area contributed by atoms with Crippen LogP contribution in [-0.2, 0) is 6.54 Å². The van der Waals surface area contributed by atoms with E-state index in [-0.39, 0.29) is 0 Å². The molecule has 0 saturated heterocycles. The number of nitrogens with one attached hydrogen (secondary N) is 1. The quantitative estimate of drug-likeness (QED) is 0.776. The van der Waals surface area contributed by atoms with Crippen molar-refractivity contribution >= 4 is 0 Å². The van der Waals surface area contributed by atoms with E-state index in [2.05, 4.69) is 17.5 Å². The molecule has 0 amide bonds.